The zero-order chi connectivity index (χ0) is 17.2. The molecule has 0 aliphatic heterocycles. The summed E-state index contributed by atoms with van der Waals surface area (Å²) in [6.45, 7) is 4.36. The van der Waals surface area contributed by atoms with Crippen molar-refractivity contribution < 1.29 is 4.98 Å². The molecule has 3 aromatic rings. The van der Waals surface area contributed by atoms with E-state index in [0.29, 0.717) is 5.92 Å². The molecule has 1 heterocycles. The molecule has 0 amide bonds. The van der Waals surface area contributed by atoms with Crippen molar-refractivity contribution >= 4 is 0 Å². The van der Waals surface area contributed by atoms with Crippen molar-refractivity contribution in [2.75, 3.05) is 0 Å². The molecule has 1 aromatic heterocycles. The average Bonchev–Trinajstić information content (AvgIpc) is 3.11. The van der Waals surface area contributed by atoms with Gasteiger partial charge in [0.15, 0.2) is 11.4 Å². The van der Waals surface area contributed by atoms with Gasteiger partial charge in [-0.1, -0.05) is 61.7 Å². The van der Waals surface area contributed by atoms with Crippen LogP contribution in [-0.2, 0) is 0 Å². The van der Waals surface area contributed by atoms with Crippen LogP contribution in [0.1, 0.15) is 55.0 Å². The van der Waals surface area contributed by atoms with Gasteiger partial charge in [-0.05, 0) is 43.9 Å². The second-order valence-electron chi connectivity index (χ2n) is 7.41. The van der Waals surface area contributed by atoms with Crippen LogP contribution in [0.3, 0.4) is 0 Å². The quantitative estimate of drug-likeness (QED) is 0.626. The van der Waals surface area contributed by atoms with Crippen LogP contribution < -0.4 is 4.98 Å². The number of aromatic amines is 2. The molecule has 4 rings (SSSR count). The third-order valence-electron chi connectivity index (χ3n) is 5.64. The lowest BCUT2D eigenvalue weighted by molar-refractivity contribution is -0.379. The molecule has 0 spiro atoms. The van der Waals surface area contributed by atoms with E-state index in [4.69, 9.17) is 0 Å². The summed E-state index contributed by atoms with van der Waals surface area (Å²) in [4.78, 5) is 7.50. The molecule has 0 radical (unpaired) electrons. The largest absolute Gasteiger partial charge is 0.256 e. The summed E-state index contributed by atoms with van der Waals surface area (Å²) in [6.07, 6.45) is 6.65. The maximum atomic E-state index is 3.76. The lowest BCUT2D eigenvalue weighted by Crippen LogP contribution is -2.16. The molecular weight excluding hydrogens is 304 g/mol. The fourth-order valence-electron chi connectivity index (χ4n) is 3.96. The van der Waals surface area contributed by atoms with Crippen molar-refractivity contribution in [1.82, 2.24) is 4.98 Å². The van der Waals surface area contributed by atoms with E-state index in [1.165, 1.54) is 71.6 Å². The Balaban J connectivity index is 1.82. The lowest BCUT2D eigenvalue weighted by Gasteiger charge is -2.16. The van der Waals surface area contributed by atoms with Crippen molar-refractivity contribution in [3.05, 3.63) is 65.5 Å². The van der Waals surface area contributed by atoms with Crippen molar-refractivity contribution in [1.29, 1.82) is 0 Å². The Hall–Kier alpha value is -2.35. The zero-order valence-electron chi connectivity index (χ0n) is 15.2. The van der Waals surface area contributed by atoms with Gasteiger partial charge in [-0.25, -0.2) is 9.97 Å². The molecule has 128 valence electrons. The average molecular weight is 331 g/mol. The molecule has 1 fully saturated rings. The van der Waals surface area contributed by atoms with Gasteiger partial charge in [0.05, 0.1) is 5.92 Å². The Kier molecular flexibility index (Phi) is 4.44. The summed E-state index contributed by atoms with van der Waals surface area (Å²) >= 11 is 0. The third-order valence-corrected chi connectivity index (χ3v) is 5.64. The van der Waals surface area contributed by atoms with E-state index in [1.807, 2.05) is 0 Å². The van der Waals surface area contributed by atoms with E-state index >= 15 is 0 Å². The second kappa shape index (κ2) is 6.87. The summed E-state index contributed by atoms with van der Waals surface area (Å²) in [5.41, 5.74) is 7.62. The molecule has 2 aromatic carbocycles. The van der Waals surface area contributed by atoms with E-state index < -0.39 is 0 Å². The van der Waals surface area contributed by atoms with E-state index in [1.54, 1.807) is 0 Å². The van der Waals surface area contributed by atoms with E-state index in [9.17, 15) is 0 Å². The predicted octanol–water partition coefficient (Wildman–Crippen LogP) is 5.83. The Morgan fingerprint density at radius 3 is 2.32 bits per heavy atom. The number of rotatable bonds is 3. The van der Waals surface area contributed by atoms with Crippen LogP contribution in [0.25, 0.3) is 22.5 Å². The monoisotopic (exact) mass is 331 g/mol. The van der Waals surface area contributed by atoms with Gasteiger partial charge < -0.3 is 0 Å². The summed E-state index contributed by atoms with van der Waals surface area (Å²) in [7, 11) is 0. The molecule has 2 N–H and O–H groups in total. The molecule has 2 heteroatoms. The Morgan fingerprint density at radius 2 is 1.60 bits per heavy atom. The van der Waals surface area contributed by atoms with Crippen LogP contribution in [0.2, 0.25) is 0 Å². The number of H-pyrrole nitrogens is 2. The molecule has 0 saturated heterocycles. The first-order valence-corrected chi connectivity index (χ1v) is 9.50. The number of aryl methyl sites for hydroxylation is 2. The molecule has 2 nitrogen and oxygen atoms in total. The van der Waals surface area contributed by atoms with E-state index in [-0.39, 0.29) is 0 Å². The highest BCUT2D eigenvalue weighted by Gasteiger charge is 2.27. The highest BCUT2D eigenvalue weighted by molar-refractivity contribution is 5.76. The topological polar surface area (TPSA) is 29.9 Å². The number of benzene rings is 2. The predicted molar refractivity (Wildman–Crippen MR) is 104 cm³/mol. The summed E-state index contributed by atoms with van der Waals surface area (Å²) < 4.78 is 0. The minimum Gasteiger partial charge on any atom is -0.240 e. The van der Waals surface area contributed by atoms with Crippen LogP contribution in [-0.4, -0.2) is 4.98 Å². The molecule has 1 aliphatic rings. The minimum absolute atomic E-state index is 0.636. The molecular formula is C23H27N2+. The number of hydrogen-bond donors (Lipinski definition) is 1. The van der Waals surface area contributed by atoms with Crippen molar-refractivity contribution in [2.45, 2.75) is 51.9 Å². The number of imidazole rings is 1. The first kappa shape index (κ1) is 16.1. The molecule has 25 heavy (non-hydrogen) atoms. The Morgan fingerprint density at radius 1 is 0.840 bits per heavy atom. The van der Waals surface area contributed by atoms with E-state index in [2.05, 4.69) is 72.3 Å². The van der Waals surface area contributed by atoms with Crippen molar-refractivity contribution in [2.24, 2.45) is 0 Å². The first-order chi connectivity index (χ1) is 12.2. The number of hydrogen-bond acceptors (Lipinski definition) is 0. The third kappa shape index (κ3) is 3.26. The maximum absolute atomic E-state index is 3.76. The van der Waals surface area contributed by atoms with Gasteiger partial charge in [0, 0.05) is 11.1 Å². The molecule has 0 bridgehead atoms. The Bertz CT molecular complexity index is 855. The smallest absolute Gasteiger partial charge is 0.240 e. The fraction of sp³-hybridized carbons (Fsp3) is 0.348. The summed E-state index contributed by atoms with van der Waals surface area (Å²) in [5, 5.41) is 0. The van der Waals surface area contributed by atoms with Gasteiger partial charge in [-0.3, -0.25) is 0 Å². The molecule has 1 saturated carbocycles. The van der Waals surface area contributed by atoms with Crippen LogP contribution in [0, 0.1) is 13.8 Å². The van der Waals surface area contributed by atoms with Gasteiger partial charge in [0.25, 0.3) is 5.82 Å². The van der Waals surface area contributed by atoms with Gasteiger partial charge >= 0.3 is 0 Å². The zero-order valence-corrected chi connectivity index (χ0v) is 15.2. The van der Waals surface area contributed by atoms with Crippen molar-refractivity contribution in [3.63, 3.8) is 0 Å². The van der Waals surface area contributed by atoms with E-state index in [0.717, 1.165) is 0 Å². The van der Waals surface area contributed by atoms with Gasteiger partial charge in [0.1, 0.15) is 0 Å². The lowest BCUT2D eigenvalue weighted by atomic mass is 9.89. The van der Waals surface area contributed by atoms with Crippen molar-refractivity contribution in [3.8, 4) is 22.5 Å². The number of aromatic nitrogens is 2. The van der Waals surface area contributed by atoms with Crippen LogP contribution in [0.4, 0.5) is 0 Å². The highest BCUT2D eigenvalue weighted by atomic mass is 14.9. The van der Waals surface area contributed by atoms with Gasteiger partial charge in [0.2, 0.25) is 0 Å². The summed E-state index contributed by atoms with van der Waals surface area (Å²) in [5.74, 6) is 1.93. The molecule has 0 unspecified atom stereocenters. The normalized spacial score (nSPS) is 15.4. The fourth-order valence-corrected chi connectivity index (χ4v) is 3.96. The minimum atomic E-state index is 0.636. The maximum Gasteiger partial charge on any atom is 0.256 e. The van der Waals surface area contributed by atoms with Crippen LogP contribution in [0.5, 0.6) is 0 Å². The highest BCUT2D eigenvalue weighted by Crippen LogP contribution is 2.34. The standard InChI is InChI=1S/C23H26N2/c1-16-13-14-20(15-17(16)2)22-21(18-9-5-3-6-10-18)24-23(25-22)19-11-7-4-8-12-19/h3,5-6,9-10,13-15,19H,4,7-8,11-12H2,1-2H3,(H,24,25)/p+1. The van der Waals surface area contributed by atoms with Gasteiger partial charge in [-0.15, -0.1) is 0 Å². The summed E-state index contributed by atoms with van der Waals surface area (Å²) in [6, 6.07) is 17.4. The first-order valence-electron chi connectivity index (χ1n) is 9.50. The SMILES string of the molecule is Cc1ccc(-c2[nH+]c(C3CCCCC3)[nH]c2-c2ccccc2)cc1C. The number of nitrogens with one attached hydrogen (secondary N) is 2. The Labute approximate surface area is 150 Å². The second-order valence-corrected chi connectivity index (χ2v) is 7.41. The van der Waals surface area contributed by atoms with Crippen LogP contribution in [0.15, 0.2) is 48.5 Å². The molecule has 1 aliphatic carbocycles. The van der Waals surface area contributed by atoms with Crippen LogP contribution >= 0.6 is 0 Å². The molecule has 0 atom stereocenters. The van der Waals surface area contributed by atoms with Gasteiger partial charge in [-0.2, -0.15) is 0 Å².